The highest BCUT2D eigenvalue weighted by molar-refractivity contribution is 6.35. The molecule has 0 saturated heterocycles. The van der Waals surface area contributed by atoms with Crippen LogP contribution >= 0.6 is 11.6 Å². The third-order valence-electron chi connectivity index (χ3n) is 3.59. The predicted molar refractivity (Wildman–Crippen MR) is 92.4 cm³/mol. The Kier molecular flexibility index (Phi) is 5.14. The molecule has 0 spiro atoms. The van der Waals surface area contributed by atoms with Crippen molar-refractivity contribution < 1.29 is 9.13 Å². The largest absolute Gasteiger partial charge is 0.357 e. The third-order valence-corrected chi connectivity index (χ3v) is 3.94. The number of rotatable bonds is 7. The van der Waals surface area contributed by atoms with Gasteiger partial charge in [0.05, 0.1) is 17.9 Å². The molecule has 3 aromatic rings. The molecular formula is C15H19ClFN7O. The molecule has 2 atom stereocenters. The first-order chi connectivity index (χ1) is 12.0. The Morgan fingerprint density at radius 2 is 2.20 bits per heavy atom. The molecule has 1 unspecified atom stereocenters. The van der Waals surface area contributed by atoms with Gasteiger partial charge < -0.3 is 10.1 Å². The van der Waals surface area contributed by atoms with Crippen molar-refractivity contribution in [2.45, 2.75) is 33.0 Å². The minimum Gasteiger partial charge on any atom is -0.357 e. The molecule has 0 aliphatic heterocycles. The van der Waals surface area contributed by atoms with E-state index in [9.17, 15) is 4.39 Å². The lowest BCUT2D eigenvalue weighted by molar-refractivity contribution is 0.0160. The van der Waals surface area contributed by atoms with Gasteiger partial charge >= 0.3 is 0 Å². The molecule has 3 rings (SSSR count). The molecule has 0 aliphatic rings. The summed E-state index contributed by atoms with van der Waals surface area (Å²) in [6, 6.07) is -0.387. The zero-order chi connectivity index (χ0) is 18.0. The van der Waals surface area contributed by atoms with Gasteiger partial charge in [-0.05, 0) is 20.8 Å². The van der Waals surface area contributed by atoms with E-state index in [-0.39, 0.29) is 12.3 Å². The van der Waals surface area contributed by atoms with Crippen LogP contribution < -0.4 is 5.32 Å². The van der Waals surface area contributed by atoms with Gasteiger partial charge in [-0.3, -0.25) is 0 Å². The summed E-state index contributed by atoms with van der Waals surface area (Å²) in [7, 11) is 0. The molecule has 0 saturated carbocycles. The summed E-state index contributed by atoms with van der Waals surface area (Å²) in [5.41, 5.74) is 1.72. The van der Waals surface area contributed by atoms with E-state index in [0.29, 0.717) is 28.9 Å². The summed E-state index contributed by atoms with van der Waals surface area (Å²) < 4.78 is 21.3. The second-order valence-corrected chi connectivity index (χ2v) is 5.95. The lowest BCUT2D eigenvalue weighted by Crippen LogP contribution is -2.17. The van der Waals surface area contributed by atoms with Crippen molar-refractivity contribution in [1.82, 2.24) is 29.4 Å². The van der Waals surface area contributed by atoms with Crippen LogP contribution in [0.2, 0.25) is 5.02 Å². The molecule has 8 nitrogen and oxygen atoms in total. The van der Waals surface area contributed by atoms with Gasteiger partial charge in [0.2, 0.25) is 5.95 Å². The van der Waals surface area contributed by atoms with Crippen LogP contribution in [0, 0.1) is 0 Å². The van der Waals surface area contributed by atoms with Crippen LogP contribution in [0.3, 0.4) is 0 Å². The number of nitrogens with one attached hydrogen (secondary N) is 1. The van der Waals surface area contributed by atoms with E-state index in [2.05, 4.69) is 25.5 Å². The first-order valence-electron chi connectivity index (χ1n) is 7.93. The summed E-state index contributed by atoms with van der Waals surface area (Å²) in [4.78, 5) is 8.65. The van der Waals surface area contributed by atoms with E-state index >= 15 is 0 Å². The smallest absolute Gasteiger partial charge is 0.243 e. The number of fused-ring (bicyclic) bond motifs is 1. The summed E-state index contributed by atoms with van der Waals surface area (Å²) >= 11 is 6.45. The normalized spacial score (nSPS) is 14.0. The SMILES string of the molecule is CCOC(C)n1cc(-c2ncn3nc(N[C@@H](C)CF)nc3c2Cl)cn1. The molecule has 0 bridgehead atoms. The molecule has 0 fully saturated rings. The van der Waals surface area contributed by atoms with Crippen molar-refractivity contribution in [3.05, 3.63) is 23.7 Å². The zero-order valence-corrected chi connectivity index (χ0v) is 14.9. The van der Waals surface area contributed by atoms with Crippen LogP contribution in [0.25, 0.3) is 16.9 Å². The van der Waals surface area contributed by atoms with Crippen LogP contribution in [0.5, 0.6) is 0 Å². The van der Waals surface area contributed by atoms with Gasteiger partial charge in [-0.25, -0.2) is 14.1 Å². The van der Waals surface area contributed by atoms with E-state index in [4.69, 9.17) is 16.3 Å². The minimum absolute atomic E-state index is 0.188. The number of hydrogen-bond donors (Lipinski definition) is 1. The first-order valence-corrected chi connectivity index (χ1v) is 8.30. The van der Waals surface area contributed by atoms with Crippen LogP contribution in [0.4, 0.5) is 10.3 Å². The average molecular weight is 368 g/mol. The molecule has 3 heterocycles. The highest BCUT2D eigenvalue weighted by Crippen LogP contribution is 2.29. The number of nitrogens with zero attached hydrogens (tertiary/aromatic N) is 6. The van der Waals surface area contributed by atoms with Crippen LogP contribution in [-0.4, -0.2) is 48.7 Å². The van der Waals surface area contributed by atoms with Crippen LogP contribution in [0.15, 0.2) is 18.7 Å². The second-order valence-electron chi connectivity index (χ2n) is 5.57. The summed E-state index contributed by atoms with van der Waals surface area (Å²) in [6.07, 6.45) is 4.80. The van der Waals surface area contributed by atoms with Gasteiger partial charge in [-0.2, -0.15) is 14.6 Å². The number of alkyl halides is 1. The van der Waals surface area contributed by atoms with E-state index < -0.39 is 6.67 Å². The Balaban J connectivity index is 1.93. The van der Waals surface area contributed by atoms with Crippen LogP contribution in [0.1, 0.15) is 27.0 Å². The summed E-state index contributed by atoms with van der Waals surface area (Å²) in [6.45, 7) is 5.60. The van der Waals surface area contributed by atoms with Gasteiger partial charge in [-0.15, -0.1) is 5.10 Å². The highest BCUT2D eigenvalue weighted by Gasteiger charge is 2.17. The van der Waals surface area contributed by atoms with Gasteiger partial charge in [-0.1, -0.05) is 11.6 Å². The van der Waals surface area contributed by atoms with Crippen molar-refractivity contribution >= 4 is 23.2 Å². The van der Waals surface area contributed by atoms with Crippen molar-refractivity contribution in [2.75, 3.05) is 18.6 Å². The molecule has 0 amide bonds. The lowest BCUT2D eigenvalue weighted by atomic mass is 10.2. The fourth-order valence-corrected chi connectivity index (χ4v) is 2.61. The topological polar surface area (TPSA) is 82.2 Å². The molecular weight excluding hydrogens is 349 g/mol. The maximum atomic E-state index is 12.6. The van der Waals surface area contributed by atoms with Crippen molar-refractivity contribution in [2.24, 2.45) is 0 Å². The van der Waals surface area contributed by atoms with Gasteiger partial charge in [0.25, 0.3) is 0 Å². The van der Waals surface area contributed by atoms with Crippen molar-refractivity contribution in [1.29, 1.82) is 0 Å². The number of ether oxygens (including phenoxy) is 1. The standard InChI is InChI=1S/C15H19ClFN7O/c1-4-25-10(3)23-7-11(6-19-23)13-12(16)14-21-15(20-9(2)5-17)22-24(14)8-18-13/h6-10H,4-5H2,1-3H3,(H,20,22)/t9-,10?/m0/s1. The first kappa shape index (κ1) is 17.6. The molecule has 0 aliphatic carbocycles. The van der Waals surface area contributed by atoms with E-state index in [1.165, 1.54) is 10.8 Å². The van der Waals surface area contributed by atoms with Crippen molar-refractivity contribution in [3.63, 3.8) is 0 Å². The molecule has 3 aromatic heterocycles. The highest BCUT2D eigenvalue weighted by atomic mass is 35.5. The fraction of sp³-hybridized carbons (Fsp3) is 0.467. The third kappa shape index (κ3) is 3.57. The Morgan fingerprint density at radius 3 is 2.92 bits per heavy atom. The second kappa shape index (κ2) is 7.32. The van der Waals surface area contributed by atoms with Gasteiger partial charge in [0.1, 0.15) is 24.3 Å². The van der Waals surface area contributed by atoms with Crippen molar-refractivity contribution in [3.8, 4) is 11.3 Å². The quantitative estimate of drug-likeness (QED) is 0.691. The maximum Gasteiger partial charge on any atom is 0.243 e. The molecule has 10 heteroatoms. The zero-order valence-electron chi connectivity index (χ0n) is 14.1. The molecule has 0 aromatic carbocycles. The Bertz CT molecular complexity index is 865. The van der Waals surface area contributed by atoms with E-state index in [1.54, 1.807) is 17.8 Å². The number of halogens is 2. The Hall–Kier alpha value is -2.26. The molecule has 134 valence electrons. The number of hydrogen-bond acceptors (Lipinski definition) is 6. The summed E-state index contributed by atoms with van der Waals surface area (Å²) in [5.74, 6) is 0.298. The Morgan fingerprint density at radius 1 is 1.40 bits per heavy atom. The van der Waals surface area contributed by atoms with Gasteiger partial charge in [0.15, 0.2) is 5.65 Å². The molecule has 0 radical (unpaired) electrons. The monoisotopic (exact) mass is 367 g/mol. The number of aromatic nitrogens is 6. The van der Waals surface area contributed by atoms with E-state index in [0.717, 1.165) is 5.56 Å². The Labute approximate surface area is 149 Å². The lowest BCUT2D eigenvalue weighted by Gasteiger charge is -2.11. The number of anilines is 1. The molecule has 1 N–H and O–H groups in total. The molecule has 25 heavy (non-hydrogen) atoms. The average Bonchev–Trinajstić information content (AvgIpc) is 3.22. The van der Waals surface area contributed by atoms with Gasteiger partial charge in [0, 0.05) is 18.4 Å². The predicted octanol–water partition coefficient (Wildman–Crippen LogP) is 2.97. The van der Waals surface area contributed by atoms with E-state index in [1.807, 2.05) is 20.0 Å². The maximum absolute atomic E-state index is 12.6. The van der Waals surface area contributed by atoms with Crippen LogP contribution in [-0.2, 0) is 4.74 Å². The summed E-state index contributed by atoms with van der Waals surface area (Å²) in [5, 5.41) is 11.7. The fourth-order valence-electron chi connectivity index (χ4n) is 2.33. The minimum atomic E-state index is -0.524.